The Morgan fingerprint density at radius 1 is 1.14 bits per heavy atom. The van der Waals surface area contributed by atoms with Gasteiger partial charge in [0.1, 0.15) is 0 Å². The first-order chi connectivity index (χ1) is 9.77. The van der Waals surface area contributed by atoms with Gasteiger partial charge in [-0.05, 0) is 37.5 Å². The highest BCUT2D eigenvalue weighted by molar-refractivity contribution is 5.94. The minimum absolute atomic E-state index is 0.0566. The summed E-state index contributed by atoms with van der Waals surface area (Å²) in [5, 5.41) is 2.46. The van der Waals surface area contributed by atoms with Crippen LogP contribution in [0.4, 0.5) is 22.0 Å². The Balaban J connectivity index is 2.00. The van der Waals surface area contributed by atoms with Crippen molar-refractivity contribution in [3.8, 4) is 0 Å². The third-order valence-corrected chi connectivity index (χ3v) is 3.65. The third kappa shape index (κ3) is 3.92. The van der Waals surface area contributed by atoms with Crippen LogP contribution in [-0.2, 0) is 0 Å². The summed E-state index contributed by atoms with van der Waals surface area (Å²) >= 11 is 0. The maximum absolute atomic E-state index is 13.0. The van der Waals surface area contributed by atoms with E-state index in [0.717, 1.165) is 18.2 Å². The average Bonchev–Trinajstić information content (AvgIpc) is 2.41. The minimum atomic E-state index is -4.27. The zero-order valence-electron chi connectivity index (χ0n) is 11.0. The van der Waals surface area contributed by atoms with E-state index in [1.54, 1.807) is 0 Å². The molecule has 21 heavy (non-hydrogen) atoms. The Morgan fingerprint density at radius 3 is 2.48 bits per heavy atom. The molecule has 0 bridgehead atoms. The molecule has 0 heterocycles. The Morgan fingerprint density at radius 2 is 1.86 bits per heavy atom. The number of amides is 1. The summed E-state index contributed by atoms with van der Waals surface area (Å²) < 4.78 is 63.8. The molecule has 1 aromatic rings. The van der Waals surface area contributed by atoms with E-state index >= 15 is 0 Å². The van der Waals surface area contributed by atoms with Crippen LogP contribution in [0, 0.1) is 17.6 Å². The first-order valence-corrected chi connectivity index (χ1v) is 6.60. The quantitative estimate of drug-likeness (QED) is 0.827. The molecule has 1 fully saturated rings. The van der Waals surface area contributed by atoms with Crippen LogP contribution >= 0.6 is 0 Å². The van der Waals surface area contributed by atoms with Crippen molar-refractivity contribution in [3.05, 3.63) is 35.4 Å². The Labute approximate surface area is 118 Å². The van der Waals surface area contributed by atoms with E-state index in [9.17, 15) is 26.7 Å². The van der Waals surface area contributed by atoms with Gasteiger partial charge in [-0.2, -0.15) is 13.2 Å². The summed E-state index contributed by atoms with van der Waals surface area (Å²) in [7, 11) is 0. The van der Waals surface area contributed by atoms with E-state index in [0.29, 0.717) is 12.8 Å². The standard InChI is InChI=1S/C14H14F5NO/c15-11-5-4-8(6-12(11)16)13(21)20-10-3-1-2-9(7-10)14(17,18)19/h4-6,9-10H,1-3,7H2,(H,20,21). The highest BCUT2D eigenvalue weighted by atomic mass is 19.4. The average molecular weight is 307 g/mol. The van der Waals surface area contributed by atoms with Crippen LogP contribution in [-0.4, -0.2) is 18.1 Å². The van der Waals surface area contributed by atoms with E-state index in [1.165, 1.54) is 0 Å². The molecular weight excluding hydrogens is 293 g/mol. The summed E-state index contributed by atoms with van der Waals surface area (Å²) in [6.07, 6.45) is -3.58. The van der Waals surface area contributed by atoms with E-state index in [1.807, 2.05) is 0 Å². The number of nitrogens with one attached hydrogen (secondary N) is 1. The molecule has 0 saturated heterocycles. The fraction of sp³-hybridized carbons (Fsp3) is 0.500. The van der Waals surface area contributed by atoms with Gasteiger partial charge in [-0.15, -0.1) is 0 Å². The van der Waals surface area contributed by atoms with Crippen molar-refractivity contribution in [2.24, 2.45) is 5.92 Å². The summed E-state index contributed by atoms with van der Waals surface area (Å²) in [5.74, 6) is -4.37. The van der Waals surface area contributed by atoms with Crippen LogP contribution in [0.5, 0.6) is 0 Å². The van der Waals surface area contributed by atoms with Gasteiger partial charge < -0.3 is 5.32 Å². The largest absolute Gasteiger partial charge is 0.391 e. The maximum atomic E-state index is 13.0. The number of carbonyl (C=O) groups excluding carboxylic acids is 1. The van der Waals surface area contributed by atoms with E-state index in [-0.39, 0.29) is 18.4 Å². The van der Waals surface area contributed by atoms with Gasteiger partial charge in [0.2, 0.25) is 0 Å². The van der Waals surface area contributed by atoms with Crippen molar-refractivity contribution >= 4 is 5.91 Å². The molecule has 1 N–H and O–H groups in total. The van der Waals surface area contributed by atoms with E-state index in [4.69, 9.17) is 0 Å². The van der Waals surface area contributed by atoms with Crippen LogP contribution in [0.2, 0.25) is 0 Å². The molecule has 116 valence electrons. The highest BCUT2D eigenvalue weighted by Crippen LogP contribution is 2.37. The molecule has 1 amide bonds. The number of hydrogen-bond donors (Lipinski definition) is 1. The summed E-state index contributed by atoms with van der Waals surface area (Å²) in [6, 6.07) is 2.03. The number of rotatable bonds is 2. The second-order valence-electron chi connectivity index (χ2n) is 5.20. The summed E-state index contributed by atoms with van der Waals surface area (Å²) in [5.41, 5.74) is -0.108. The minimum Gasteiger partial charge on any atom is -0.349 e. The Bertz CT molecular complexity index is 529. The third-order valence-electron chi connectivity index (χ3n) is 3.65. The predicted octanol–water partition coefficient (Wildman–Crippen LogP) is 3.82. The van der Waals surface area contributed by atoms with Crippen molar-refractivity contribution in [1.29, 1.82) is 0 Å². The fourth-order valence-electron chi connectivity index (χ4n) is 2.52. The van der Waals surface area contributed by atoms with Crippen LogP contribution in [0.25, 0.3) is 0 Å². The lowest BCUT2D eigenvalue weighted by molar-refractivity contribution is -0.183. The van der Waals surface area contributed by atoms with Crippen LogP contribution in [0.15, 0.2) is 18.2 Å². The van der Waals surface area contributed by atoms with Crippen molar-refractivity contribution in [2.45, 2.75) is 37.9 Å². The van der Waals surface area contributed by atoms with Gasteiger partial charge in [-0.25, -0.2) is 8.78 Å². The van der Waals surface area contributed by atoms with Gasteiger partial charge in [0.05, 0.1) is 5.92 Å². The van der Waals surface area contributed by atoms with Gasteiger partial charge in [-0.3, -0.25) is 4.79 Å². The van der Waals surface area contributed by atoms with Gasteiger partial charge in [0, 0.05) is 11.6 Å². The van der Waals surface area contributed by atoms with Crippen LogP contribution in [0.1, 0.15) is 36.0 Å². The first kappa shape index (κ1) is 15.7. The zero-order chi connectivity index (χ0) is 15.6. The van der Waals surface area contributed by atoms with E-state index < -0.39 is 35.7 Å². The molecule has 0 aromatic heterocycles. The number of halogens is 5. The normalized spacial score (nSPS) is 22.9. The fourth-order valence-corrected chi connectivity index (χ4v) is 2.52. The molecular formula is C14H14F5NO. The van der Waals surface area contributed by atoms with Gasteiger partial charge >= 0.3 is 6.18 Å². The van der Waals surface area contributed by atoms with Crippen LogP contribution in [0.3, 0.4) is 0 Å². The lowest BCUT2D eigenvalue weighted by atomic mass is 9.85. The Kier molecular flexibility index (Phi) is 4.49. The predicted molar refractivity (Wildman–Crippen MR) is 65.6 cm³/mol. The molecule has 0 spiro atoms. The summed E-state index contributed by atoms with van der Waals surface area (Å²) in [6.45, 7) is 0. The number of hydrogen-bond acceptors (Lipinski definition) is 1. The van der Waals surface area contributed by atoms with Crippen molar-refractivity contribution in [1.82, 2.24) is 5.32 Å². The van der Waals surface area contributed by atoms with Gasteiger partial charge in [0.15, 0.2) is 11.6 Å². The summed E-state index contributed by atoms with van der Waals surface area (Å²) in [4.78, 5) is 11.9. The van der Waals surface area contributed by atoms with Gasteiger partial charge in [0.25, 0.3) is 5.91 Å². The number of benzene rings is 1. The molecule has 1 saturated carbocycles. The highest BCUT2D eigenvalue weighted by Gasteiger charge is 2.42. The monoisotopic (exact) mass is 307 g/mol. The first-order valence-electron chi connectivity index (χ1n) is 6.60. The molecule has 1 aliphatic rings. The molecule has 1 aromatic carbocycles. The maximum Gasteiger partial charge on any atom is 0.391 e. The molecule has 0 aliphatic heterocycles. The lowest BCUT2D eigenvalue weighted by Crippen LogP contribution is -2.41. The number of alkyl halides is 3. The molecule has 1 aliphatic carbocycles. The smallest absolute Gasteiger partial charge is 0.349 e. The lowest BCUT2D eigenvalue weighted by Gasteiger charge is -2.31. The van der Waals surface area contributed by atoms with Gasteiger partial charge in [-0.1, -0.05) is 6.42 Å². The molecule has 7 heteroatoms. The number of carbonyl (C=O) groups is 1. The molecule has 2 unspecified atom stereocenters. The topological polar surface area (TPSA) is 29.1 Å². The molecule has 2 nitrogen and oxygen atoms in total. The Hall–Kier alpha value is -1.66. The van der Waals surface area contributed by atoms with Crippen molar-refractivity contribution in [3.63, 3.8) is 0 Å². The van der Waals surface area contributed by atoms with Crippen molar-refractivity contribution in [2.75, 3.05) is 0 Å². The second-order valence-corrected chi connectivity index (χ2v) is 5.20. The van der Waals surface area contributed by atoms with Crippen LogP contribution < -0.4 is 5.32 Å². The van der Waals surface area contributed by atoms with E-state index in [2.05, 4.69) is 5.32 Å². The molecule has 2 atom stereocenters. The molecule has 0 radical (unpaired) electrons. The second kappa shape index (κ2) is 5.99. The zero-order valence-corrected chi connectivity index (χ0v) is 11.0. The SMILES string of the molecule is O=C(NC1CCCC(C(F)(F)F)C1)c1ccc(F)c(F)c1. The van der Waals surface area contributed by atoms with Crippen molar-refractivity contribution < 1.29 is 26.7 Å². The molecule has 2 rings (SSSR count).